The van der Waals surface area contributed by atoms with E-state index < -0.39 is 0 Å². The molecule has 1 fully saturated rings. The maximum atomic E-state index is 12.3. The standard InChI is InChI=1S/C16H17OS.3FH.O.Sb/c17-16(12-18-9-3-4-10-18)15-8-7-13-5-1-2-6-14(13)11-15;;;;;/h1-2,5-8,11H,3-4,9-10,12H2;3*1H;;/q+1;;;;;. The topological polar surface area (TPSA) is 34.1 Å². The van der Waals surface area contributed by atoms with Crippen LogP contribution >= 0.6 is 0 Å². The first kappa shape index (κ1) is 24.4. The first-order valence-electron chi connectivity index (χ1n) is 6.67. The van der Waals surface area contributed by atoms with Crippen LogP contribution in [0.4, 0.5) is 14.1 Å². The van der Waals surface area contributed by atoms with E-state index in [1.165, 1.54) is 29.7 Å². The number of carbonyl (C=O) groups is 1. The molecule has 1 heterocycles. The Bertz CT molecular complexity index is 607. The van der Waals surface area contributed by atoms with Crippen molar-refractivity contribution < 1.29 is 21.9 Å². The van der Waals surface area contributed by atoms with Crippen molar-refractivity contribution in [3.8, 4) is 0 Å². The van der Waals surface area contributed by atoms with Crippen molar-refractivity contribution in [3.63, 3.8) is 0 Å². The van der Waals surface area contributed by atoms with E-state index in [2.05, 4.69) is 18.2 Å². The van der Waals surface area contributed by atoms with Crippen molar-refractivity contribution in [3.05, 3.63) is 48.0 Å². The van der Waals surface area contributed by atoms with Gasteiger partial charge >= 0.3 is 26.0 Å². The Kier molecular flexibility index (Phi) is 13.3. The van der Waals surface area contributed by atoms with Gasteiger partial charge in [-0.2, -0.15) is 0 Å². The van der Waals surface area contributed by atoms with Crippen LogP contribution in [0.3, 0.4) is 0 Å². The Hall–Kier alpha value is -0.872. The zero-order valence-electron chi connectivity index (χ0n) is 12.5. The Labute approximate surface area is 150 Å². The molecule has 0 spiro atoms. The van der Waals surface area contributed by atoms with Gasteiger partial charge in [0, 0.05) is 5.56 Å². The second-order valence-electron chi connectivity index (χ2n) is 4.86. The molecule has 2 aromatic carbocycles. The summed E-state index contributed by atoms with van der Waals surface area (Å²) >= 11 is 0.500. The summed E-state index contributed by atoms with van der Waals surface area (Å²) < 4.78 is 8.30. The zero-order valence-corrected chi connectivity index (χ0v) is 15.8. The van der Waals surface area contributed by atoms with Crippen LogP contribution in [0.5, 0.6) is 0 Å². The van der Waals surface area contributed by atoms with Gasteiger partial charge in [-0.25, -0.2) is 0 Å². The minimum absolute atomic E-state index is 0. The number of ketones is 1. The number of halogens is 3. The van der Waals surface area contributed by atoms with Crippen LogP contribution in [-0.4, -0.2) is 46.1 Å². The van der Waals surface area contributed by atoms with E-state index >= 15 is 0 Å². The van der Waals surface area contributed by atoms with Gasteiger partial charge in [0.05, 0.1) is 0 Å². The molecule has 2 aromatic rings. The normalized spacial score (nSPS) is 12.9. The molecule has 0 saturated carbocycles. The second kappa shape index (κ2) is 12.5. The number of carbonyl (C=O) groups excluding carboxylic acids is 1. The first-order chi connectivity index (χ1) is 9.83. The molecular formula is C16H20F3O2SSb+. The maximum absolute atomic E-state index is 12.3. The predicted octanol–water partition coefficient (Wildman–Crippen LogP) is 3.39. The van der Waals surface area contributed by atoms with Gasteiger partial charge in [0.25, 0.3) is 0 Å². The molecule has 1 aliphatic rings. The molecule has 23 heavy (non-hydrogen) atoms. The van der Waals surface area contributed by atoms with Crippen LogP contribution in [0, 0.1) is 0 Å². The van der Waals surface area contributed by atoms with E-state index in [4.69, 9.17) is 3.02 Å². The van der Waals surface area contributed by atoms with Gasteiger partial charge in [-0.1, -0.05) is 36.4 Å². The van der Waals surface area contributed by atoms with Gasteiger partial charge in [0.15, 0.2) is 5.75 Å². The van der Waals surface area contributed by atoms with Crippen molar-refractivity contribution in [2.24, 2.45) is 0 Å². The molecule has 0 atom stereocenters. The Morgan fingerprint density at radius 3 is 2.09 bits per heavy atom. The summed E-state index contributed by atoms with van der Waals surface area (Å²) in [5, 5.41) is 2.37. The van der Waals surface area contributed by atoms with Crippen LogP contribution in [-0.2, 0) is 13.9 Å². The van der Waals surface area contributed by atoms with Crippen molar-refractivity contribution in [2.75, 3.05) is 17.3 Å². The second-order valence-corrected chi connectivity index (χ2v) is 7.19. The fourth-order valence-corrected chi connectivity index (χ4v) is 4.75. The summed E-state index contributed by atoms with van der Waals surface area (Å²) in [7, 11) is 0.359. The summed E-state index contributed by atoms with van der Waals surface area (Å²) in [6, 6.07) is 14.3. The summed E-state index contributed by atoms with van der Waals surface area (Å²) in [5.41, 5.74) is 0.883. The molecule has 0 aliphatic carbocycles. The Balaban J connectivity index is 0. The van der Waals surface area contributed by atoms with E-state index in [9.17, 15) is 4.79 Å². The quantitative estimate of drug-likeness (QED) is 0.404. The Morgan fingerprint density at radius 2 is 1.48 bits per heavy atom. The zero-order chi connectivity index (χ0) is 14.4. The summed E-state index contributed by atoms with van der Waals surface area (Å²) in [6.45, 7) is 0. The first-order valence-corrected chi connectivity index (χ1v) is 9.45. The van der Waals surface area contributed by atoms with E-state index in [-0.39, 0.29) is 14.1 Å². The van der Waals surface area contributed by atoms with Crippen molar-refractivity contribution in [2.45, 2.75) is 12.8 Å². The summed E-state index contributed by atoms with van der Waals surface area (Å²) in [4.78, 5) is 12.3. The molecule has 127 valence electrons. The van der Waals surface area contributed by atoms with Gasteiger partial charge in [-0.15, -0.1) is 0 Å². The number of hydrogen-bond acceptors (Lipinski definition) is 2. The van der Waals surface area contributed by atoms with Crippen molar-refractivity contribution in [1.82, 2.24) is 0 Å². The molecule has 3 rings (SSSR count). The van der Waals surface area contributed by atoms with Crippen LogP contribution in [0.1, 0.15) is 23.2 Å². The van der Waals surface area contributed by atoms with E-state index in [0.717, 1.165) is 16.7 Å². The number of rotatable bonds is 3. The molecule has 1 aliphatic heterocycles. The molecule has 0 aromatic heterocycles. The molecule has 2 nitrogen and oxygen atoms in total. The fourth-order valence-electron chi connectivity index (χ4n) is 2.49. The number of fused-ring (bicyclic) bond motifs is 1. The SMILES string of the molecule is F.F.F.O=C(C[S+]1CCCC1)c1ccc2ccccc2c1.[O]=[Sb]. The fraction of sp³-hybridized carbons (Fsp3) is 0.312. The molecule has 1 saturated heterocycles. The molecule has 0 bridgehead atoms. The molecule has 0 amide bonds. The van der Waals surface area contributed by atoms with Gasteiger partial charge in [0.1, 0.15) is 11.5 Å². The molecule has 0 N–H and O–H groups in total. The molecule has 0 unspecified atom stereocenters. The van der Waals surface area contributed by atoms with Crippen molar-refractivity contribution in [1.29, 1.82) is 0 Å². The summed E-state index contributed by atoms with van der Waals surface area (Å²) in [5.74, 6) is 3.61. The van der Waals surface area contributed by atoms with Crippen LogP contribution < -0.4 is 0 Å². The van der Waals surface area contributed by atoms with Gasteiger partial charge < -0.3 is 0 Å². The third-order valence-corrected chi connectivity index (χ3v) is 5.93. The predicted molar refractivity (Wildman–Crippen MR) is 93.4 cm³/mol. The van der Waals surface area contributed by atoms with E-state index in [1.54, 1.807) is 0 Å². The van der Waals surface area contributed by atoms with Crippen LogP contribution in [0.25, 0.3) is 10.8 Å². The molecule has 1 radical (unpaired) electrons. The van der Waals surface area contributed by atoms with Crippen LogP contribution in [0.2, 0.25) is 0 Å². The number of Topliss-reactive ketones (excluding diaryl/α,β-unsaturated/α-hetero) is 1. The third kappa shape index (κ3) is 6.64. The van der Waals surface area contributed by atoms with E-state index in [1.807, 2.05) is 24.3 Å². The number of hydrogen-bond donors (Lipinski definition) is 0. The number of benzene rings is 2. The van der Waals surface area contributed by atoms with Crippen molar-refractivity contribution >= 4 is 50.5 Å². The minimum atomic E-state index is 0. The average molecular weight is 455 g/mol. The van der Waals surface area contributed by atoms with Crippen LogP contribution in [0.15, 0.2) is 42.5 Å². The van der Waals surface area contributed by atoms with Gasteiger partial charge in [0.2, 0.25) is 5.78 Å². The summed E-state index contributed by atoms with van der Waals surface area (Å²) in [6.07, 6.45) is 2.63. The average Bonchev–Trinajstić information content (AvgIpc) is 3.01. The monoisotopic (exact) mass is 454 g/mol. The molecule has 7 heteroatoms. The van der Waals surface area contributed by atoms with Gasteiger partial charge in [-0.05, 0) is 40.6 Å². The Morgan fingerprint density at radius 1 is 0.913 bits per heavy atom. The van der Waals surface area contributed by atoms with Gasteiger partial charge in [-0.3, -0.25) is 18.9 Å². The van der Waals surface area contributed by atoms with E-state index in [0.29, 0.717) is 39.7 Å². The third-order valence-electron chi connectivity index (χ3n) is 3.52. The molecular weight excluding hydrogens is 435 g/mol.